The Kier molecular flexibility index (Phi) is 5.35. The van der Waals surface area contributed by atoms with E-state index < -0.39 is 10.8 Å². The van der Waals surface area contributed by atoms with Gasteiger partial charge in [-0.1, -0.05) is 24.3 Å². The Morgan fingerprint density at radius 1 is 1.12 bits per heavy atom. The van der Waals surface area contributed by atoms with Crippen LogP contribution < -0.4 is 10.7 Å². The average molecular weight is 326 g/mol. The van der Waals surface area contributed by atoms with Crippen molar-refractivity contribution in [3.63, 3.8) is 0 Å². The van der Waals surface area contributed by atoms with Crippen molar-refractivity contribution in [3.05, 3.63) is 69.8 Å². The highest BCUT2D eigenvalue weighted by molar-refractivity contribution is 5.98. The zero-order chi connectivity index (χ0) is 17.5. The first-order chi connectivity index (χ1) is 11.5. The number of para-hydroxylation sites is 1. The fraction of sp³-hybridized carbons (Fsp3) is 0.0625. The Bertz CT molecular complexity index is 800. The number of carbonyl (C=O) groups excluding carboxylic acids is 2. The molecule has 0 radical (unpaired) electrons. The van der Waals surface area contributed by atoms with E-state index in [4.69, 9.17) is 0 Å². The van der Waals surface area contributed by atoms with Gasteiger partial charge in [-0.25, -0.2) is 5.43 Å². The molecule has 24 heavy (non-hydrogen) atoms. The second-order valence-corrected chi connectivity index (χ2v) is 4.78. The molecular weight excluding hydrogens is 312 g/mol. The van der Waals surface area contributed by atoms with Gasteiger partial charge in [0.25, 0.3) is 11.6 Å². The molecule has 2 rings (SSSR count). The Morgan fingerprint density at radius 3 is 2.42 bits per heavy atom. The minimum Gasteiger partial charge on any atom is -0.326 e. The molecule has 0 aromatic heterocycles. The van der Waals surface area contributed by atoms with Crippen LogP contribution in [0, 0.1) is 10.1 Å². The van der Waals surface area contributed by atoms with Gasteiger partial charge in [0.1, 0.15) is 5.56 Å². The van der Waals surface area contributed by atoms with Crippen LogP contribution in [0.25, 0.3) is 0 Å². The normalized spacial score (nSPS) is 10.4. The lowest BCUT2D eigenvalue weighted by Crippen LogP contribution is -2.18. The third kappa shape index (κ3) is 4.47. The summed E-state index contributed by atoms with van der Waals surface area (Å²) in [5.74, 6) is -0.846. The number of nitro groups is 1. The summed E-state index contributed by atoms with van der Waals surface area (Å²) in [5.41, 5.74) is 3.22. The lowest BCUT2D eigenvalue weighted by atomic mass is 10.2. The molecule has 0 aliphatic heterocycles. The van der Waals surface area contributed by atoms with E-state index in [1.54, 1.807) is 24.3 Å². The number of nitrogens with zero attached hydrogens (tertiary/aromatic N) is 2. The topological polar surface area (TPSA) is 114 Å². The van der Waals surface area contributed by atoms with Crippen molar-refractivity contribution >= 4 is 29.4 Å². The molecule has 0 atom stereocenters. The molecule has 0 aliphatic carbocycles. The minimum absolute atomic E-state index is 0.0688. The van der Waals surface area contributed by atoms with Crippen LogP contribution in [0.4, 0.5) is 11.4 Å². The van der Waals surface area contributed by atoms with Crippen molar-refractivity contribution in [2.45, 2.75) is 6.92 Å². The third-order valence-corrected chi connectivity index (χ3v) is 2.96. The fourth-order valence-electron chi connectivity index (χ4n) is 1.91. The average Bonchev–Trinajstić information content (AvgIpc) is 2.56. The Balaban J connectivity index is 2.02. The standard InChI is InChI=1S/C16H14N4O4/c1-11(21)18-13-8-6-12(7-9-13)10-17-19-16(22)14-4-2-3-5-15(14)20(23)24/h2-10H,1H3,(H,18,21)(H,19,22)/b17-10-. The molecule has 0 saturated heterocycles. The van der Waals surface area contributed by atoms with Gasteiger partial charge in [0.15, 0.2) is 0 Å². The summed E-state index contributed by atoms with van der Waals surface area (Å²) in [7, 11) is 0. The van der Waals surface area contributed by atoms with Crippen molar-refractivity contribution in [1.82, 2.24) is 5.43 Å². The van der Waals surface area contributed by atoms with Gasteiger partial charge < -0.3 is 5.32 Å². The summed E-state index contributed by atoms with van der Waals surface area (Å²) in [4.78, 5) is 33.1. The number of benzene rings is 2. The summed E-state index contributed by atoms with van der Waals surface area (Å²) < 4.78 is 0. The highest BCUT2D eigenvalue weighted by Crippen LogP contribution is 2.17. The van der Waals surface area contributed by atoms with Crippen molar-refractivity contribution in [1.29, 1.82) is 0 Å². The number of nitrogens with one attached hydrogen (secondary N) is 2. The van der Waals surface area contributed by atoms with E-state index in [2.05, 4.69) is 15.8 Å². The highest BCUT2D eigenvalue weighted by atomic mass is 16.6. The molecular formula is C16H14N4O4. The second kappa shape index (κ2) is 7.63. The zero-order valence-electron chi connectivity index (χ0n) is 12.7. The van der Waals surface area contributed by atoms with E-state index in [0.717, 1.165) is 0 Å². The Morgan fingerprint density at radius 2 is 1.79 bits per heavy atom. The van der Waals surface area contributed by atoms with E-state index in [1.165, 1.54) is 37.4 Å². The lowest BCUT2D eigenvalue weighted by Gasteiger charge is -2.02. The molecule has 8 nitrogen and oxygen atoms in total. The first-order valence-corrected chi connectivity index (χ1v) is 6.92. The monoisotopic (exact) mass is 326 g/mol. The van der Waals surface area contributed by atoms with Gasteiger partial charge in [0.2, 0.25) is 5.91 Å². The second-order valence-electron chi connectivity index (χ2n) is 4.78. The van der Waals surface area contributed by atoms with Crippen molar-refractivity contribution in [3.8, 4) is 0 Å². The molecule has 122 valence electrons. The van der Waals surface area contributed by atoms with Gasteiger partial charge >= 0.3 is 0 Å². The van der Waals surface area contributed by atoms with Gasteiger partial charge in [-0.05, 0) is 23.8 Å². The van der Waals surface area contributed by atoms with E-state index in [-0.39, 0.29) is 17.2 Å². The number of carbonyl (C=O) groups is 2. The molecule has 2 aromatic rings. The van der Waals surface area contributed by atoms with Gasteiger partial charge in [-0.2, -0.15) is 5.10 Å². The van der Waals surface area contributed by atoms with E-state index in [1.807, 2.05) is 0 Å². The molecule has 2 aromatic carbocycles. The van der Waals surface area contributed by atoms with Crippen LogP contribution in [0.5, 0.6) is 0 Å². The smallest absolute Gasteiger partial charge is 0.282 e. The minimum atomic E-state index is -0.673. The Hall–Kier alpha value is -3.55. The fourth-order valence-corrected chi connectivity index (χ4v) is 1.91. The summed E-state index contributed by atoms with van der Waals surface area (Å²) in [6.45, 7) is 1.41. The van der Waals surface area contributed by atoms with Crippen LogP contribution in [0.1, 0.15) is 22.8 Å². The summed E-state index contributed by atoms with van der Waals surface area (Å²) in [6.07, 6.45) is 1.39. The molecule has 0 heterocycles. The van der Waals surface area contributed by atoms with Crippen LogP contribution in [-0.4, -0.2) is 23.0 Å². The molecule has 2 N–H and O–H groups in total. The van der Waals surface area contributed by atoms with Gasteiger partial charge in [0.05, 0.1) is 11.1 Å². The van der Waals surface area contributed by atoms with Crippen molar-refractivity contribution < 1.29 is 14.5 Å². The maximum absolute atomic E-state index is 12.0. The number of hydrazone groups is 1. The van der Waals surface area contributed by atoms with E-state index in [9.17, 15) is 19.7 Å². The summed E-state index contributed by atoms with van der Waals surface area (Å²) in [5, 5.41) is 17.3. The van der Waals surface area contributed by atoms with Crippen LogP contribution in [0.3, 0.4) is 0 Å². The van der Waals surface area contributed by atoms with Crippen LogP contribution in [0.2, 0.25) is 0 Å². The predicted octanol–water partition coefficient (Wildman–Crippen LogP) is 2.32. The molecule has 0 fully saturated rings. The number of hydrogen-bond donors (Lipinski definition) is 2. The molecule has 0 spiro atoms. The SMILES string of the molecule is CC(=O)Nc1ccc(/C=N\NC(=O)c2ccccc2[N+](=O)[O-])cc1. The number of amides is 2. The molecule has 0 saturated carbocycles. The summed E-state index contributed by atoms with van der Waals surface area (Å²) >= 11 is 0. The molecule has 2 amide bonds. The first kappa shape index (κ1) is 16.8. The number of nitro benzene ring substituents is 1. The zero-order valence-corrected chi connectivity index (χ0v) is 12.7. The maximum atomic E-state index is 12.0. The molecule has 0 unspecified atom stereocenters. The largest absolute Gasteiger partial charge is 0.326 e. The first-order valence-electron chi connectivity index (χ1n) is 6.92. The highest BCUT2D eigenvalue weighted by Gasteiger charge is 2.18. The van der Waals surface area contributed by atoms with Gasteiger partial charge in [-0.15, -0.1) is 0 Å². The van der Waals surface area contributed by atoms with Crippen LogP contribution in [-0.2, 0) is 4.79 Å². The van der Waals surface area contributed by atoms with E-state index >= 15 is 0 Å². The van der Waals surface area contributed by atoms with Gasteiger partial charge in [0, 0.05) is 18.7 Å². The third-order valence-electron chi connectivity index (χ3n) is 2.96. The summed E-state index contributed by atoms with van der Waals surface area (Å²) in [6, 6.07) is 12.4. The molecule has 8 heteroatoms. The molecule has 0 bridgehead atoms. The van der Waals surface area contributed by atoms with Crippen molar-refractivity contribution in [2.75, 3.05) is 5.32 Å². The predicted molar refractivity (Wildman–Crippen MR) is 88.9 cm³/mol. The maximum Gasteiger partial charge on any atom is 0.282 e. The Labute approximate surface area is 137 Å². The lowest BCUT2D eigenvalue weighted by molar-refractivity contribution is -0.385. The van der Waals surface area contributed by atoms with Gasteiger partial charge in [-0.3, -0.25) is 19.7 Å². The van der Waals surface area contributed by atoms with Crippen molar-refractivity contribution in [2.24, 2.45) is 5.10 Å². The van der Waals surface area contributed by atoms with E-state index in [0.29, 0.717) is 11.3 Å². The number of hydrogen-bond acceptors (Lipinski definition) is 5. The number of anilines is 1. The number of rotatable bonds is 5. The van der Waals surface area contributed by atoms with Crippen LogP contribution >= 0.6 is 0 Å². The van der Waals surface area contributed by atoms with Crippen LogP contribution in [0.15, 0.2) is 53.6 Å². The quantitative estimate of drug-likeness (QED) is 0.498. The molecule has 0 aliphatic rings.